The Morgan fingerprint density at radius 1 is 1.04 bits per heavy atom. The summed E-state index contributed by atoms with van der Waals surface area (Å²) in [4.78, 5) is 17.1. The summed E-state index contributed by atoms with van der Waals surface area (Å²) < 4.78 is 5.03. The number of hydrogen-bond acceptors (Lipinski definition) is 5. The van der Waals surface area contributed by atoms with Crippen LogP contribution in [0.2, 0.25) is 0 Å². The molecule has 0 aliphatic carbocycles. The molecule has 6 nitrogen and oxygen atoms in total. The number of amides is 1. The fourth-order valence-electron chi connectivity index (χ4n) is 3.05. The van der Waals surface area contributed by atoms with Crippen LogP contribution in [0.4, 0.5) is 17.2 Å². The van der Waals surface area contributed by atoms with E-state index in [0.717, 1.165) is 28.3 Å². The highest BCUT2D eigenvalue weighted by atomic mass is 16.5. The largest absolute Gasteiger partial charge is 0.360 e. The van der Waals surface area contributed by atoms with Gasteiger partial charge in [-0.1, -0.05) is 51.1 Å². The molecule has 0 radical (unpaired) electrons. The summed E-state index contributed by atoms with van der Waals surface area (Å²) in [7, 11) is 0. The molecule has 6 heteroatoms. The zero-order chi connectivity index (χ0) is 20.3. The molecule has 0 spiro atoms. The van der Waals surface area contributed by atoms with E-state index < -0.39 is 0 Å². The van der Waals surface area contributed by atoms with Crippen molar-refractivity contribution in [2.75, 3.05) is 10.6 Å². The number of anilines is 3. The van der Waals surface area contributed by atoms with Crippen molar-refractivity contribution < 1.29 is 9.32 Å². The summed E-state index contributed by atoms with van der Waals surface area (Å²) in [6, 6.07) is 11.4. The van der Waals surface area contributed by atoms with Gasteiger partial charge in [-0.25, -0.2) is 4.98 Å². The predicted molar refractivity (Wildman–Crippen MR) is 111 cm³/mol. The van der Waals surface area contributed by atoms with Gasteiger partial charge in [-0.05, 0) is 42.0 Å². The predicted octanol–water partition coefficient (Wildman–Crippen LogP) is 5.62. The molecule has 0 atom stereocenters. The molecule has 0 unspecified atom stereocenters. The third-order valence-corrected chi connectivity index (χ3v) is 4.51. The van der Waals surface area contributed by atoms with E-state index in [-0.39, 0.29) is 5.91 Å². The van der Waals surface area contributed by atoms with Crippen LogP contribution >= 0.6 is 0 Å². The van der Waals surface area contributed by atoms with E-state index in [2.05, 4.69) is 60.6 Å². The average Bonchev–Trinajstić information content (AvgIpc) is 3.06. The van der Waals surface area contributed by atoms with E-state index >= 15 is 0 Å². The Morgan fingerprint density at radius 2 is 1.71 bits per heavy atom. The van der Waals surface area contributed by atoms with Crippen molar-refractivity contribution in [1.29, 1.82) is 0 Å². The SMILES string of the molecule is Cc1cc(Nc2ccc(C(=O)Nc3c(C(C)C)cccc3C(C)C)nc2)no1. The highest BCUT2D eigenvalue weighted by Gasteiger charge is 2.17. The molecule has 0 bridgehead atoms. The summed E-state index contributed by atoms with van der Waals surface area (Å²) in [5, 5.41) is 10.1. The van der Waals surface area contributed by atoms with Gasteiger partial charge in [-0.3, -0.25) is 4.79 Å². The van der Waals surface area contributed by atoms with Crippen molar-refractivity contribution >= 4 is 23.1 Å². The van der Waals surface area contributed by atoms with Crippen LogP contribution in [0, 0.1) is 6.92 Å². The van der Waals surface area contributed by atoms with Crippen LogP contribution in [0.5, 0.6) is 0 Å². The second-order valence-electron chi connectivity index (χ2n) is 7.45. The third kappa shape index (κ3) is 4.39. The zero-order valence-corrected chi connectivity index (χ0v) is 16.9. The average molecular weight is 378 g/mol. The Morgan fingerprint density at radius 3 is 2.21 bits per heavy atom. The second-order valence-corrected chi connectivity index (χ2v) is 7.45. The quantitative estimate of drug-likeness (QED) is 0.582. The molecule has 3 rings (SSSR count). The maximum absolute atomic E-state index is 12.8. The molecular weight excluding hydrogens is 352 g/mol. The van der Waals surface area contributed by atoms with Gasteiger partial charge < -0.3 is 15.2 Å². The molecular formula is C22H26N4O2. The molecule has 3 aromatic rings. The van der Waals surface area contributed by atoms with Gasteiger partial charge in [0.1, 0.15) is 11.5 Å². The number of rotatable bonds is 6. The minimum absolute atomic E-state index is 0.223. The fraction of sp³-hybridized carbons (Fsp3) is 0.318. The molecule has 0 saturated carbocycles. The molecule has 1 amide bonds. The molecule has 0 aliphatic rings. The number of hydrogen-bond donors (Lipinski definition) is 2. The van der Waals surface area contributed by atoms with E-state index in [4.69, 9.17) is 4.52 Å². The van der Waals surface area contributed by atoms with E-state index in [1.54, 1.807) is 24.4 Å². The van der Waals surface area contributed by atoms with Crippen LogP contribution in [0.25, 0.3) is 0 Å². The van der Waals surface area contributed by atoms with Crippen molar-refractivity contribution in [2.24, 2.45) is 0 Å². The number of benzene rings is 1. The molecule has 1 aromatic carbocycles. The monoisotopic (exact) mass is 378 g/mol. The first kappa shape index (κ1) is 19.6. The molecule has 0 aliphatic heterocycles. The molecule has 28 heavy (non-hydrogen) atoms. The minimum atomic E-state index is -0.223. The minimum Gasteiger partial charge on any atom is -0.360 e. The van der Waals surface area contributed by atoms with Crippen molar-refractivity contribution in [1.82, 2.24) is 10.1 Å². The Kier molecular flexibility index (Phi) is 5.78. The molecule has 2 aromatic heterocycles. The number of carbonyl (C=O) groups excluding carboxylic acids is 1. The van der Waals surface area contributed by atoms with Crippen LogP contribution in [-0.4, -0.2) is 16.0 Å². The van der Waals surface area contributed by atoms with Gasteiger partial charge in [0.15, 0.2) is 5.82 Å². The maximum Gasteiger partial charge on any atom is 0.274 e. The van der Waals surface area contributed by atoms with E-state index in [1.807, 2.05) is 13.0 Å². The Labute approximate surface area is 165 Å². The van der Waals surface area contributed by atoms with E-state index in [1.165, 1.54) is 0 Å². The number of pyridine rings is 1. The lowest BCUT2D eigenvalue weighted by Crippen LogP contribution is -2.17. The van der Waals surface area contributed by atoms with Crippen LogP contribution in [0.1, 0.15) is 66.9 Å². The van der Waals surface area contributed by atoms with Gasteiger partial charge in [0.2, 0.25) is 0 Å². The lowest BCUT2D eigenvalue weighted by molar-refractivity contribution is 0.102. The first-order chi connectivity index (χ1) is 13.3. The topological polar surface area (TPSA) is 80.0 Å². The summed E-state index contributed by atoms with van der Waals surface area (Å²) in [5.74, 6) is 1.71. The van der Waals surface area contributed by atoms with Gasteiger partial charge in [0, 0.05) is 11.8 Å². The number of para-hydroxylation sites is 1. The second kappa shape index (κ2) is 8.25. The highest BCUT2D eigenvalue weighted by molar-refractivity contribution is 6.04. The molecule has 2 heterocycles. The molecule has 146 valence electrons. The van der Waals surface area contributed by atoms with Crippen LogP contribution in [0.15, 0.2) is 47.1 Å². The van der Waals surface area contributed by atoms with Crippen molar-refractivity contribution in [3.05, 3.63) is 65.2 Å². The molecule has 0 saturated heterocycles. The Balaban J connectivity index is 1.80. The van der Waals surface area contributed by atoms with Crippen molar-refractivity contribution in [3.63, 3.8) is 0 Å². The summed E-state index contributed by atoms with van der Waals surface area (Å²) in [5.41, 5.74) is 4.23. The van der Waals surface area contributed by atoms with Gasteiger partial charge in [-0.2, -0.15) is 0 Å². The number of nitrogens with zero attached hydrogens (tertiary/aromatic N) is 2. The third-order valence-electron chi connectivity index (χ3n) is 4.51. The van der Waals surface area contributed by atoms with Gasteiger partial charge >= 0.3 is 0 Å². The normalized spacial score (nSPS) is 11.1. The summed E-state index contributed by atoms with van der Waals surface area (Å²) >= 11 is 0. The van der Waals surface area contributed by atoms with E-state index in [0.29, 0.717) is 23.3 Å². The number of nitrogens with one attached hydrogen (secondary N) is 2. The summed E-state index contributed by atoms with van der Waals surface area (Å²) in [6.07, 6.45) is 1.61. The lowest BCUT2D eigenvalue weighted by atomic mass is 9.92. The van der Waals surface area contributed by atoms with Crippen molar-refractivity contribution in [2.45, 2.75) is 46.5 Å². The standard InChI is InChI=1S/C22H26N4O2/c1-13(2)17-7-6-8-18(14(3)4)21(17)25-22(27)19-10-9-16(12-23-19)24-20-11-15(5)28-26-20/h6-14H,1-5H3,(H,24,26)(H,25,27). The number of carbonyl (C=O) groups is 1. The van der Waals surface area contributed by atoms with Gasteiger partial charge in [0.05, 0.1) is 11.9 Å². The zero-order valence-electron chi connectivity index (χ0n) is 16.9. The highest BCUT2D eigenvalue weighted by Crippen LogP contribution is 2.32. The van der Waals surface area contributed by atoms with Gasteiger partial charge in [0.25, 0.3) is 5.91 Å². The Bertz CT molecular complexity index is 933. The smallest absolute Gasteiger partial charge is 0.274 e. The Hall–Kier alpha value is -3.15. The maximum atomic E-state index is 12.8. The van der Waals surface area contributed by atoms with Crippen molar-refractivity contribution in [3.8, 4) is 0 Å². The van der Waals surface area contributed by atoms with Crippen LogP contribution in [-0.2, 0) is 0 Å². The van der Waals surface area contributed by atoms with Crippen LogP contribution in [0.3, 0.4) is 0 Å². The van der Waals surface area contributed by atoms with Crippen LogP contribution < -0.4 is 10.6 Å². The number of aryl methyl sites for hydroxylation is 1. The molecule has 0 fully saturated rings. The number of aromatic nitrogens is 2. The molecule has 2 N–H and O–H groups in total. The fourth-order valence-corrected chi connectivity index (χ4v) is 3.05. The first-order valence-corrected chi connectivity index (χ1v) is 9.45. The van der Waals surface area contributed by atoms with Gasteiger partial charge in [-0.15, -0.1) is 0 Å². The summed E-state index contributed by atoms with van der Waals surface area (Å²) in [6.45, 7) is 10.3. The van der Waals surface area contributed by atoms with E-state index in [9.17, 15) is 4.79 Å². The lowest BCUT2D eigenvalue weighted by Gasteiger charge is -2.20. The first-order valence-electron chi connectivity index (χ1n) is 9.45.